The summed E-state index contributed by atoms with van der Waals surface area (Å²) in [5.41, 5.74) is 0.380. The Morgan fingerprint density at radius 1 is 1.35 bits per heavy atom. The number of nitrogens with zero attached hydrogens (tertiary/aromatic N) is 1. The summed E-state index contributed by atoms with van der Waals surface area (Å²) in [6.07, 6.45) is -0.401. The number of rotatable bonds is 1. The number of carbonyl (C=O) groups is 2. The molecule has 20 heavy (non-hydrogen) atoms. The number of benzene rings is 1. The molecular formula is C14H17NO4S. The number of fused-ring (bicyclic) bond motifs is 1. The summed E-state index contributed by atoms with van der Waals surface area (Å²) in [6.45, 7) is 6.01. The maximum atomic E-state index is 12.2. The van der Waals surface area contributed by atoms with Gasteiger partial charge in [-0.15, -0.1) is 11.8 Å². The number of carboxylic acids is 1. The number of amides is 1. The number of hydrogen-bond acceptors (Lipinski definition) is 4. The van der Waals surface area contributed by atoms with Crippen LogP contribution < -0.4 is 4.90 Å². The molecule has 0 saturated carbocycles. The summed E-state index contributed by atoms with van der Waals surface area (Å²) in [4.78, 5) is 25.5. The first kappa shape index (κ1) is 14.7. The van der Waals surface area contributed by atoms with Crippen molar-refractivity contribution in [3.63, 3.8) is 0 Å². The highest BCUT2D eigenvalue weighted by atomic mass is 32.2. The lowest BCUT2D eigenvalue weighted by atomic mass is 10.2. The number of thioether (sulfide) groups is 1. The zero-order valence-electron chi connectivity index (χ0n) is 11.7. The SMILES string of the molecule is CC(C)(C)OC(=O)N1CCSc2cc(C(=O)O)ccc21. The Labute approximate surface area is 121 Å². The topological polar surface area (TPSA) is 66.8 Å². The molecule has 0 unspecified atom stereocenters. The average molecular weight is 295 g/mol. The number of carbonyl (C=O) groups excluding carboxylic acids is 1. The molecule has 2 rings (SSSR count). The molecule has 1 aromatic carbocycles. The molecule has 0 aromatic heterocycles. The molecule has 5 nitrogen and oxygen atoms in total. The lowest BCUT2D eigenvalue weighted by molar-refractivity contribution is 0.0581. The predicted octanol–water partition coefficient (Wildman–Crippen LogP) is 3.23. The van der Waals surface area contributed by atoms with Crippen LogP contribution in [0.4, 0.5) is 10.5 Å². The van der Waals surface area contributed by atoms with Gasteiger partial charge in [0.1, 0.15) is 5.60 Å². The minimum atomic E-state index is -0.970. The van der Waals surface area contributed by atoms with E-state index in [-0.39, 0.29) is 5.56 Å². The summed E-state index contributed by atoms with van der Waals surface area (Å²) in [7, 11) is 0. The molecule has 108 valence electrons. The third-order valence-corrected chi connectivity index (χ3v) is 3.71. The Hall–Kier alpha value is -1.69. The van der Waals surface area contributed by atoms with Crippen LogP contribution in [0, 0.1) is 0 Å². The molecule has 6 heteroatoms. The Morgan fingerprint density at radius 3 is 2.65 bits per heavy atom. The minimum Gasteiger partial charge on any atom is -0.478 e. The van der Waals surface area contributed by atoms with E-state index in [1.807, 2.05) is 20.8 Å². The maximum Gasteiger partial charge on any atom is 0.414 e. The van der Waals surface area contributed by atoms with Gasteiger partial charge in [-0.3, -0.25) is 4.90 Å². The van der Waals surface area contributed by atoms with E-state index in [0.29, 0.717) is 12.2 Å². The van der Waals surface area contributed by atoms with Gasteiger partial charge in [-0.25, -0.2) is 9.59 Å². The van der Waals surface area contributed by atoms with Gasteiger partial charge in [0.2, 0.25) is 0 Å². The molecule has 1 aromatic rings. The van der Waals surface area contributed by atoms with Crippen molar-refractivity contribution in [3.8, 4) is 0 Å². The minimum absolute atomic E-state index is 0.224. The fourth-order valence-corrected chi connectivity index (χ4v) is 2.89. The van der Waals surface area contributed by atoms with Crippen LogP contribution in [-0.4, -0.2) is 35.1 Å². The van der Waals surface area contributed by atoms with Crippen LogP contribution in [-0.2, 0) is 4.74 Å². The molecule has 1 aliphatic rings. The van der Waals surface area contributed by atoms with Gasteiger partial charge in [-0.05, 0) is 39.0 Å². The van der Waals surface area contributed by atoms with Crippen LogP contribution in [0.3, 0.4) is 0 Å². The summed E-state index contributed by atoms with van der Waals surface area (Å²) in [5, 5.41) is 9.00. The second-order valence-corrected chi connectivity index (χ2v) is 6.60. The van der Waals surface area contributed by atoms with E-state index in [0.717, 1.165) is 10.6 Å². The molecule has 1 heterocycles. The second-order valence-electron chi connectivity index (χ2n) is 5.47. The first-order chi connectivity index (χ1) is 9.28. The van der Waals surface area contributed by atoms with Crippen LogP contribution in [0.15, 0.2) is 23.1 Å². The lowest BCUT2D eigenvalue weighted by Crippen LogP contribution is -2.39. The summed E-state index contributed by atoms with van der Waals surface area (Å²) in [5.74, 6) is -0.252. The number of carboxylic acid groups (broad SMARTS) is 1. The van der Waals surface area contributed by atoms with Crippen LogP contribution in [0.5, 0.6) is 0 Å². The lowest BCUT2D eigenvalue weighted by Gasteiger charge is -2.31. The molecule has 1 amide bonds. The van der Waals surface area contributed by atoms with Crippen molar-refractivity contribution in [2.24, 2.45) is 0 Å². The van der Waals surface area contributed by atoms with Gasteiger partial charge in [0.25, 0.3) is 0 Å². The standard InChI is InChI=1S/C14H17NO4S/c1-14(2,3)19-13(18)15-6-7-20-11-8-9(12(16)17)4-5-10(11)15/h4-5,8H,6-7H2,1-3H3,(H,16,17). The molecule has 0 aliphatic carbocycles. The Balaban J connectivity index is 2.29. The van der Waals surface area contributed by atoms with Crippen molar-refractivity contribution in [1.29, 1.82) is 0 Å². The van der Waals surface area contributed by atoms with Gasteiger partial charge in [0.15, 0.2) is 0 Å². The summed E-state index contributed by atoms with van der Waals surface area (Å²) < 4.78 is 5.37. The molecule has 0 saturated heterocycles. The van der Waals surface area contributed by atoms with E-state index in [1.54, 1.807) is 28.8 Å². The Bertz CT molecular complexity index is 551. The first-order valence-corrected chi connectivity index (χ1v) is 7.27. The molecule has 0 bridgehead atoms. The van der Waals surface area contributed by atoms with Crippen molar-refractivity contribution in [3.05, 3.63) is 23.8 Å². The van der Waals surface area contributed by atoms with Crippen LogP contribution >= 0.6 is 11.8 Å². The van der Waals surface area contributed by atoms with Gasteiger partial charge >= 0.3 is 12.1 Å². The smallest absolute Gasteiger partial charge is 0.414 e. The van der Waals surface area contributed by atoms with Gasteiger partial charge < -0.3 is 9.84 Å². The van der Waals surface area contributed by atoms with Crippen molar-refractivity contribution in [2.75, 3.05) is 17.2 Å². The third-order valence-electron chi connectivity index (χ3n) is 2.68. The van der Waals surface area contributed by atoms with Gasteiger partial charge in [0.05, 0.1) is 11.3 Å². The Morgan fingerprint density at radius 2 is 2.05 bits per heavy atom. The van der Waals surface area contributed by atoms with Crippen molar-refractivity contribution < 1.29 is 19.4 Å². The highest BCUT2D eigenvalue weighted by Gasteiger charge is 2.28. The largest absolute Gasteiger partial charge is 0.478 e. The van der Waals surface area contributed by atoms with E-state index in [2.05, 4.69) is 0 Å². The normalized spacial score (nSPS) is 14.7. The summed E-state index contributed by atoms with van der Waals surface area (Å²) in [6, 6.07) is 4.76. The quantitative estimate of drug-likeness (QED) is 0.861. The van der Waals surface area contributed by atoms with Crippen molar-refractivity contribution >= 4 is 29.5 Å². The fraction of sp³-hybridized carbons (Fsp3) is 0.429. The number of anilines is 1. The molecule has 1 aliphatic heterocycles. The number of ether oxygens (including phenoxy) is 1. The van der Waals surface area contributed by atoms with Crippen LogP contribution in [0.2, 0.25) is 0 Å². The zero-order valence-corrected chi connectivity index (χ0v) is 12.5. The monoisotopic (exact) mass is 295 g/mol. The van der Waals surface area contributed by atoms with E-state index >= 15 is 0 Å². The number of aromatic carboxylic acids is 1. The van der Waals surface area contributed by atoms with Gasteiger partial charge in [-0.2, -0.15) is 0 Å². The first-order valence-electron chi connectivity index (χ1n) is 6.28. The molecule has 0 spiro atoms. The zero-order chi connectivity index (χ0) is 14.9. The van der Waals surface area contributed by atoms with E-state index in [1.165, 1.54) is 6.07 Å². The van der Waals surface area contributed by atoms with E-state index in [4.69, 9.17) is 9.84 Å². The maximum absolute atomic E-state index is 12.2. The van der Waals surface area contributed by atoms with Crippen LogP contribution in [0.1, 0.15) is 31.1 Å². The highest BCUT2D eigenvalue weighted by Crippen LogP contribution is 2.36. The molecule has 0 atom stereocenters. The van der Waals surface area contributed by atoms with Crippen LogP contribution in [0.25, 0.3) is 0 Å². The highest BCUT2D eigenvalue weighted by molar-refractivity contribution is 7.99. The summed E-state index contributed by atoms with van der Waals surface area (Å²) >= 11 is 1.55. The third kappa shape index (κ3) is 3.25. The average Bonchev–Trinajstić information content (AvgIpc) is 2.35. The fourth-order valence-electron chi connectivity index (χ4n) is 1.86. The predicted molar refractivity (Wildman–Crippen MR) is 77.7 cm³/mol. The number of hydrogen-bond donors (Lipinski definition) is 1. The molecule has 0 fully saturated rings. The van der Waals surface area contributed by atoms with E-state index < -0.39 is 17.7 Å². The van der Waals surface area contributed by atoms with Gasteiger partial charge in [-0.1, -0.05) is 0 Å². The Kier molecular flexibility index (Phi) is 3.94. The molecular weight excluding hydrogens is 278 g/mol. The van der Waals surface area contributed by atoms with E-state index in [9.17, 15) is 9.59 Å². The molecule has 1 N–H and O–H groups in total. The second kappa shape index (κ2) is 5.36. The molecule has 0 radical (unpaired) electrons. The van der Waals surface area contributed by atoms with Crippen molar-refractivity contribution in [1.82, 2.24) is 0 Å². The van der Waals surface area contributed by atoms with Crippen molar-refractivity contribution in [2.45, 2.75) is 31.3 Å². The van der Waals surface area contributed by atoms with Gasteiger partial charge in [0, 0.05) is 17.2 Å².